The van der Waals surface area contributed by atoms with Crippen LogP contribution in [0.1, 0.15) is 27.3 Å². The highest BCUT2D eigenvalue weighted by molar-refractivity contribution is 7.17. The SMILES string of the molecule is COc1ccc(/C=C2\CCc3nc(-c4ccccc4)sc3C2=O)cc1OC. The Labute approximate surface area is 162 Å². The molecule has 0 unspecified atom stereocenters. The number of fused-ring (bicyclic) bond motifs is 1. The molecule has 1 aliphatic rings. The zero-order valence-corrected chi connectivity index (χ0v) is 16.0. The molecule has 5 heteroatoms. The lowest BCUT2D eigenvalue weighted by molar-refractivity contribution is 0.103. The Morgan fingerprint density at radius 2 is 1.78 bits per heavy atom. The van der Waals surface area contributed by atoms with Crippen molar-refractivity contribution in [1.82, 2.24) is 4.98 Å². The van der Waals surface area contributed by atoms with Gasteiger partial charge in [-0.3, -0.25) is 4.79 Å². The number of benzene rings is 2. The Morgan fingerprint density at radius 1 is 1.00 bits per heavy atom. The maximum atomic E-state index is 13.0. The number of rotatable bonds is 4. The number of hydrogen-bond acceptors (Lipinski definition) is 5. The van der Waals surface area contributed by atoms with Gasteiger partial charge in [-0.25, -0.2) is 4.98 Å². The van der Waals surface area contributed by atoms with E-state index in [2.05, 4.69) is 0 Å². The summed E-state index contributed by atoms with van der Waals surface area (Å²) in [6.07, 6.45) is 3.41. The minimum atomic E-state index is 0.0747. The van der Waals surface area contributed by atoms with E-state index in [1.165, 1.54) is 11.3 Å². The van der Waals surface area contributed by atoms with E-state index in [1.54, 1.807) is 14.2 Å². The van der Waals surface area contributed by atoms with E-state index in [0.29, 0.717) is 17.9 Å². The summed E-state index contributed by atoms with van der Waals surface area (Å²) in [5.74, 6) is 1.40. The molecule has 2 aromatic carbocycles. The van der Waals surface area contributed by atoms with Crippen molar-refractivity contribution < 1.29 is 14.3 Å². The molecule has 0 atom stereocenters. The zero-order valence-electron chi connectivity index (χ0n) is 15.2. The second kappa shape index (κ2) is 7.37. The largest absolute Gasteiger partial charge is 0.493 e. The first-order chi connectivity index (χ1) is 13.2. The van der Waals surface area contributed by atoms with Gasteiger partial charge in [0.2, 0.25) is 5.78 Å². The van der Waals surface area contributed by atoms with Crippen LogP contribution in [0.2, 0.25) is 0 Å². The van der Waals surface area contributed by atoms with Gasteiger partial charge in [-0.15, -0.1) is 11.3 Å². The van der Waals surface area contributed by atoms with Gasteiger partial charge in [-0.05, 0) is 36.6 Å². The van der Waals surface area contributed by atoms with E-state index in [-0.39, 0.29) is 5.78 Å². The quantitative estimate of drug-likeness (QED) is 0.598. The Morgan fingerprint density at radius 3 is 2.52 bits per heavy atom. The standard InChI is InChI=1S/C22H19NO3S/c1-25-18-11-8-14(13-19(18)26-2)12-16-9-10-17-21(20(16)24)27-22(23-17)15-6-4-3-5-7-15/h3-8,11-13H,9-10H2,1-2H3/b16-12+. The van der Waals surface area contributed by atoms with Crippen LogP contribution in [-0.4, -0.2) is 25.0 Å². The number of Topliss-reactive ketones (excluding diaryl/α,β-unsaturated/α-hetero) is 1. The van der Waals surface area contributed by atoms with E-state index in [9.17, 15) is 4.79 Å². The van der Waals surface area contributed by atoms with E-state index >= 15 is 0 Å². The first kappa shape index (κ1) is 17.5. The smallest absolute Gasteiger partial charge is 0.200 e. The van der Waals surface area contributed by atoms with Crippen molar-refractivity contribution in [3.8, 4) is 22.1 Å². The summed E-state index contributed by atoms with van der Waals surface area (Å²) < 4.78 is 10.6. The lowest BCUT2D eigenvalue weighted by Gasteiger charge is -2.13. The van der Waals surface area contributed by atoms with Gasteiger partial charge >= 0.3 is 0 Å². The van der Waals surface area contributed by atoms with Crippen LogP contribution in [0.4, 0.5) is 0 Å². The molecule has 1 heterocycles. The van der Waals surface area contributed by atoms with Gasteiger partial charge in [-0.2, -0.15) is 0 Å². The Hall–Kier alpha value is -2.92. The van der Waals surface area contributed by atoms with Crippen LogP contribution in [0.3, 0.4) is 0 Å². The minimum absolute atomic E-state index is 0.0747. The number of ether oxygens (including phenoxy) is 2. The second-order valence-electron chi connectivity index (χ2n) is 6.27. The third-order valence-corrected chi connectivity index (χ3v) is 5.74. The molecule has 1 aliphatic carbocycles. The van der Waals surface area contributed by atoms with Crippen molar-refractivity contribution in [3.63, 3.8) is 0 Å². The van der Waals surface area contributed by atoms with Gasteiger partial charge in [0.05, 0.1) is 24.8 Å². The third kappa shape index (κ3) is 3.38. The number of aromatic nitrogens is 1. The van der Waals surface area contributed by atoms with Crippen molar-refractivity contribution in [2.45, 2.75) is 12.8 Å². The topological polar surface area (TPSA) is 48.4 Å². The number of nitrogens with zero attached hydrogens (tertiary/aromatic N) is 1. The summed E-state index contributed by atoms with van der Waals surface area (Å²) in [6.45, 7) is 0. The van der Waals surface area contributed by atoms with Crippen molar-refractivity contribution in [1.29, 1.82) is 0 Å². The van der Waals surface area contributed by atoms with E-state index in [1.807, 2.05) is 54.6 Å². The number of carbonyl (C=O) groups excluding carboxylic acids is 1. The number of thiazole rings is 1. The molecule has 0 saturated heterocycles. The molecule has 27 heavy (non-hydrogen) atoms. The van der Waals surface area contributed by atoms with E-state index in [4.69, 9.17) is 14.5 Å². The van der Waals surface area contributed by atoms with Crippen LogP contribution >= 0.6 is 11.3 Å². The molecule has 0 spiro atoms. The predicted octanol–water partition coefficient (Wildman–Crippen LogP) is 5.04. The highest BCUT2D eigenvalue weighted by atomic mass is 32.1. The molecule has 4 nitrogen and oxygen atoms in total. The fraction of sp³-hybridized carbons (Fsp3) is 0.182. The van der Waals surface area contributed by atoms with Crippen LogP contribution in [-0.2, 0) is 6.42 Å². The normalized spacial score (nSPS) is 14.9. The highest BCUT2D eigenvalue weighted by Crippen LogP contribution is 2.35. The fourth-order valence-corrected chi connectivity index (χ4v) is 4.29. The molecular weight excluding hydrogens is 358 g/mol. The zero-order chi connectivity index (χ0) is 18.8. The maximum absolute atomic E-state index is 13.0. The van der Waals surface area contributed by atoms with Crippen LogP contribution in [0.15, 0.2) is 54.1 Å². The van der Waals surface area contributed by atoms with E-state index < -0.39 is 0 Å². The lowest BCUT2D eigenvalue weighted by atomic mass is 9.94. The molecule has 0 bridgehead atoms. The minimum Gasteiger partial charge on any atom is -0.493 e. The molecule has 0 radical (unpaired) electrons. The van der Waals surface area contributed by atoms with Crippen LogP contribution in [0, 0.1) is 0 Å². The number of ketones is 1. The molecular formula is C22H19NO3S. The molecule has 4 rings (SSSR count). The van der Waals surface area contributed by atoms with Crippen molar-refractivity contribution in [2.24, 2.45) is 0 Å². The number of aryl methyl sites for hydroxylation is 1. The summed E-state index contributed by atoms with van der Waals surface area (Å²) in [6, 6.07) is 15.7. The summed E-state index contributed by atoms with van der Waals surface area (Å²) >= 11 is 1.48. The molecule has 3 aromatic rings. The molecule has 1 aromatic heterocycles. The molecule has 0 saturated carbocycles. The Kier molecular flexibility index (Phi) is 4.77. The molecule has 136 valence electrons. The molecule has 0 fully saturated rings. The fourth-order valence-electron chi connectivity index (χ4n) is 3.20. The maximum Gasteiger partial charge on any atom is 0.200 e. The summed E-state index contributed by atoms with van der Waals surface area (Å²) in [5, 5.41) is 0.904. The average molecular weight is 377 g/mol. The van der Waals surface area contributed by atoms with Crippen LogP contribution < -0.4 is 9.47 Å². The number of methoxy groups -OCH3 is 2. The monoisotopic (exact) mass is 377 g/mol. The second-order valence-corrected chi connectivity index (χ2v) is 7.27. The molecule has 0 N–H and O–H groups in total. The van der Waals surface area contributed by atoms with Crippen LogP contribution in [0.25, 0.3) is 16.6 Å². The summed E-state index contributed by atoms with van der Waals surface area (Å²) in [7, 11) is 3.21. The number of carbonyl (C=O) groups is 1. The molecule has 0 aliphatic heterocycles. The predicted molar refractivity (Wildman–Crippen MR) is 108 cm³/mol. The third-order valence-electron chi connectivity index (χ3n) is 4.60. The van der Waals surface area contributed by atoms with Gasteiger partial charge in [-0.1, -0.05) is 36.4 Å². The molecule has 0 amide bonds. The van der Waals surface area contributed by atoms with Gasteiger partial charge in [0.15, 0.2) is 11.5 Å². The Balaban J connectivity index is 1.66. The van der Waals surface area contributed by atoms with Crippen molar-refractivity contribution in [3.05, 3.63) is 70.2 Å². The Bertz CT molecular complexity index is 1020. The summed E-state index contributed by atoms with van der Waals surface area (Å²) in [5.41, 5.74) is 3.69. The number of hydrogen-bond donors (Lipinski definition) is 0. The van der Waals surface area contributed by atoms with Gasteiger partial charge in [0, 0.05) is 11.1 Å². The van der Waals surface area contributed by atoms with Crippen molar-refractivity contribution >= 4 is 23.2 Å². The van der Waals surface area contributed by atoms with Crippen LogP contribution in [0.5, 0.6) is 11.5 Å². The van der Waals surface area contributed by atoms with Gasteiger partial charge in [0.25, 0.3) is 0 Å². The van der Waals surface area contributed by atoms with Gasteiger partial charge in [0.1, 0.15) is 5.01 Å². The average Bonchev–Trinajstić information content (AvgIpc) is 3.16. The lowest BCUT2D eigenvalue weighted by Crippen LogP contribution is -2.12. The van der Waals surface area contributed by atoms with Gasteiger partial charge < -0.3 is 9.47 Å². The first-order valence-electron chi connectivity index (χ1n) is 8.72. The number of allylic oxidation sites excluding steroid dienone is 1. The van der Waals surface area contributed by atoms with Crippen molar-refractivity contribution in [2.75, 3.05) is 14.2 Å². The first-order valence-corrected chi connectivity index (χ1v) is 9.53. The summed E-state index contributed by atoms with van der Waals surface area (Å²) in [4.78, 5) is 18.4. The van der Waals surface area contributed by atoms with E-state index in [0.717, 1.165) is 38.7 Å². The highest BCUT2D eigenvalue weighted by Gasteiger charge is 2.26.